The highest BCUT2D eigenvalue weighted by atomic mass is 32.1. The molecule has 100 valence electrons. The van der Waals surface area contributed by atoms with E-state index in [2.05, 4.69) is 37.5 Å². The molecule has 0 bridgehead atoms. The summed E-state index contributed by atoms with van der Waals surface area (Å²) in [5.41, 5.74) is 1.81. The van der Waals surface area contributed by atoms with Crippen molar-refractivity contribution in [3.05, 3.63) is 12.2 Å². The minimum atomic E-state index is 0.328. The molecule has 0 unspecified atom stereocenters. The molecule has 2 fully saturated rings. The van der Waals surface area contributed by atoms with E-state index in [0.717, 1.165) is 0 Å². The predicted molar refractivity (Wildman–Crippen MR) is 81.0 cm³/mol. The zero-order chi connectivity index (χ0) is 13.3. The first-order chi connectivity index (χ1) is 8.49. The Hall–Kier alpha value is -0.460. The van der Waals surface area contributed by atoms with E-state index in [1.165, 1.54) is 37.7 Å². The van der Waals surface area contributed by atoms with Gasteiger partial charge in [0, 0.05) is 5.92 Å². The minimum Gasteiger partial charge on any atom is -0.228 e. The Kier molecular flexibility index (Phi) is 4.08. The van der Waals surface area contributed by atoms with E-state index in [-0.39, 0.29) is 0 Å². The number of hydrogen-bond acceptors (Lipinski definition) is 2. The molecule has 18 heavy (non-hydrogen) atoms. The standard InChI is InChI=1S/C16H25NS/c1-11(2)13-7-9-16(4)8-5-6-12(3)14(16)15(13)17-10-18/h11,13-15H,3,5-9H2,1-2,4H3/t13-,14+,15-,16+/m1/s1. The highest BCUT2D eigenvalue weighted by Crippen LogP contribution is 2.55. The third-order valence-corrected chi connectivity index (χ3v) is 5.43. The number of fused-ring (bicyclic) bond motifs is 1. The van der Waals surface area contributed by atoms with E-state index in [1.54, 1.807) is 0 Å². The summed E-state index contributed by atoms with van der Waals surface area (Å²) in [5.74, 6) is 1.85. The van der Waals surface area contributed by atoms with Gasteiger partial charge in [0.2, 0.25) is 0 Å². The van der Waals surface area contributed by atoms with Crippen molar-refractivity contribution in [2.75, 3.05) is 0 Å². The second-order valence-corrected chi connectivity index (χ2v) is 6.98. The third kappa shape index (κ3) is 2.33. The molecule has 2 rings (SSSR count). The van der Waals surface area contributed by atoms with E-state index in [9.17, 15) is 0 Å². The summed E-state index contributed by atoms with van der Waals surface area (Å²) in [5, 5.41) is 2.66. The molecule has 0 aliphatic heterocycles. The van der Waals surface area contributed by atoms with Gasteiger partial charge in [-0.3, -0.25) is 0 Å². The topological polar surface area (TPSA) is 12.4 Å². The molecule has 0 amide bonds. The van der Waals surface area contributed by atoms with Crippen molar-refractivity contribution in [3.8, 4) is 0 Å². The Labute approximate surface area is 117 Å². The van der Waals surface area contributed by atoms with Crippen molar-refractivity contribution in [1.29, 1.82) is 0 Å². The van der Waals surface area contributed by atoms with Crippen molar-refractivity contribution in [2.24, 2.45) is 28.2 Å². The minimum absolute atomic E-state index is 0.328. The molecule has 0 aromatic heterocycles. The van der Waals surface area contributed by atoms with E-state index >= 15 is 0 Å². The van der Waals surface area contributed by atoms with E-state index in [1.807, 2.05) is 0 Å². The molecule has 0 spiro atoms. The van der Waals surface area contributed by atoms with Crippen molar-refractivity contribution in [1.82, 2.24) is 0 Å². The average Bonchev–Trinajstić information content (AvgIpc) is 2.28. The van der Waals surface area contributed by atoms with Crippen molar-refractivity contribution < 1.29 is 0 Å². The summed E-state index contributed by atoms with van der Waals surface area (Å²) in [4.78, 5) is 4.57. The van der Waals surface area contributed by atoms with Crippen LogP contribution in [-0.2, 0) is 0 Å². The van der Waals surface area contributed by atoms with E-state index < -0.39 is 0 Å². The van der Waals surface area contributed by atoms with Crippen LogP contribution >= 0.6 is 12.2 Å². The summed E-state index contributed by atoms with van der Waals surface area (Å²) in [7, 11) is 0. The van der Waals surface area contributed by atoms with Gasteiger partial charge in [-0.05, 0) is 61.6 Å². The fourth-order valence-electron chi connectivity index (χ4n) is 4.33. The quantitative estimate of drug-likeness (QED) is 0.393. The molecule has 2 aliphatic rings. The molecule has 4 atom stereocenters. The Morgan fingerprint density at radius 3 is 2.78 bits per heavy atom. The van der Waals surface area contributed by atoms with Crippen molar-refractivity contribution >= 4 is 17.4 Å². The molecule has 1 nitrogen and oxygen atoms in total. The predicted octanol–water partition coefficient (Wildman–Crippen LogP) is 4.89. The van der Waals surface area contributed by atoms with Gasteiger partial charge >= 0.3 is 0 Å². The molecule has 0 aromatic carbocycles. The number of nitrogens with zero attached hydrogens (tertiary/aromatic N) is 1. The third-order valence-electron chi connectivity index (χ3n) is 5.32. The lowest BCUT2D eigenvalue weighted by atomic mass is 9.54. The molecule has 0 N–H and O–H groups in total. The van der Waals surface area contributed by atoms with Gasteiger partial charge in [-0.1, -0.05) is 32.9 Å². The number of aliphatic imine (C=N–C) groups is 1. The molecular formula is C16H25NS. The van der Waals surface area contributed by atoms with Gasteiger partial charge in [0.1, 0.15) is 0 Å². The van der Waals surface area contributed by atoms with Gasteiger partial charge in [0.25, 0.3) is 0 Å². The largest absolute Gasteiger partial charge is 0.228 e. The number of thiocarbonyl (C=S) groups is 1. The normalized spacial score (nSPS) is 40.2. The number of hydrogen-bond donors (Lipinski definition) is 0. The zero-order valence-corrected chi connectivity index (χ0v) is 12.7. The van der Waals surface area contributed by atoms with Crippen LogP contribution in [0.25, 0.3) is 0 Å². The van der Waals surface area contributed by atoms with Gasteiger partial charge in [-0.25, -0.2) is 4.99 Å². The molecule has 2 heteroatoms. The Morgan fingerprint density at radius 2 is 2.17 bits per heavy atom. The van der Waals surface area contributed by atoms with Crippen molar-refractivity contribution in [3.63, 3.8) is 0 Å². The molecule has 0 saturated heterocycles. The van der Waals surface area contributed by atoms with Crippen LogP contribution in [0.4, 0.5) is 0 Å². The summed E-state index contributed by atoms with van der Waals surface area (Å²) in [6.07, 6.45) is 6.40. The zero-order valence-electron chi connectivity index (χ0n) is 11.9. The molecule has 0 aromatic rings. The molecule has 0 radical (unpaired) electrons. The van der Waals surface area contributed by atoms with Gasteiger partial charge in [0.05, 0.1) is 11.2 Å². The fourth-order valence-corrected chi connectivity index (χ4v) is 4.45. The van der Waals surface area contributed by atoms with Crippen molar-refractivity contribution in [2.45, 2.75) is 58.9 Å². The first kappa shape index (κ1) is 14.0. The van der Waals surface area contributed by atoms with Crippen LogP contribution in [0.5, 0.6) is 0 Å². The van der Waals surface area contributed by atoms with Crippen LogP contribution < -0.4 is 0 Å². The Balaban J connectivity index is 2.36. The number of isothiocyanates is 1. The lowest BCUT2D eigenvalue weighted by Gasteiger charge is -2.52. The molecular weight excluding hydrogens is 238 g/mol. The lowest BCUT2D eigenvalue weighted by Crippen LogP contribution is -2.48. The molecule has 2 aliphatic carbocycles. The maximum absolute atomic E-state index is 4.89. The Bertz CT molecular complexity index is 381. The van der Waals surface area contributed by atoms with Crippen LogP contribution in [0.1, 0.15) is 52.9 Å². The first-order valence-corrected chi connectivity index (χ1v) is 7.65. The summed E-state index contributed by atoms with van der Waals surface area (Å²) in [6.45, 7) is 11.4. The lowest BCUT2D eigenvalue weighted by molar-refractivity contribution is 0.0384. The van der Waals surface area contributed by atoms with Crippen LogP contribution in [0.3, 0.4) is 0 Å². The van der Waals surface area contributed by atoms with Gasteiger partial charge in [-0.15, -0.1) is 0 Å². The van der Waals surface area contributed by atoms with E-state index in [0.29, 0.717) is 29.2 Å². The van der Waals surface area contributed by atoms with E-state index in [4.69, 9.17) is 12.2 Å². The highest BCUT2D eigenvalue weighted by Gasteiger charge is 2.49. The van der Waals surface area contributed by atoms with Gasteiger partial charge < -0.3 is 0 Å². The second kappa shape index (κ2) is 5.27. The van der Waals surface area contributed by atoms with Crippen LogP contribution in [0, 0.1) is 23.2 Å². The Morgan fingerprint density at radius 1 is 1.44 bits per heavy atom. The molecule has 0 heterocycles. The van der Waals surface area contributed by atoms with Gasteiger partial charge in [-0.2, -0.15) is 0 Å². The maximum Gasteiger partial charge on any atom is 0.0703 e. The van der Waals surface area contributed by atoms with Crippen LogP contribution in [-0.4, -0.2) is 11.2 Å². The summed E-state index contributed by atoms with van der Waals surface area (Å²) >= 11 is 4.89. The highest BCUT2D eigenvalue weighted by molar-refractivity contribution is 7.78. The van der Waals surface area contributed by atoms with Gasteiger partial charge in [0.15, 0.2) is 0 Å². The molecule has 2 saturated carbocycles. The second-order valence-electron chi connectivity index (χ2n) is 6.80. The monoisotopic (exact) mass is 263 g/mol. The average molecular weight is 263 g/mol. The SMILES string of the molecule is C=C1CCC[C@@]2(C)CC[C@H](C(C)C)[C@@H](N=C=S)[C@H]12. The summed E-state index contributed by atoms with van der Waals surface area (Å²) in [6, 6.07) is 0.328. The fraction of sp³-hybridized carbons (Fsp3) is 0.812. The summed E-state index contributed by atoms with van der Waals surface area (Å²) < 4.78 is 0. The number of rotatable bonds is 2. The maximum atomic E-state index is 4.89. The van der Waals surface area contributed by atoms with Crippen LogP contribution in [0.15, 0.2) is 17.1 Å². The first-order valence-electron chi connectivity index (χ1n) is 7.24. The van der Waals surface area contributed by atoms with Crippen LogP contribution in [0.2, 0.25) is 0 Å². The smallest absolute Gasteiger partial charge is 0.0703 e.